The number of aromatic nitrogens is 2. The third kappa shape index (κ3) is 3.77. The Bertz CT molecular complexity index is 908. The van der Waals surface area contributed by atoms with Gasteiger partial charge in [-0.05, 0) is 43.7 Å². The zero-order valence-corrected chi connectivity index (χ0v) is 17.4. The highest BCUT2D eigenvalue weighted by Crippen LogP contribution is 2.40. The first-order valence-electron chi connectivity index (χ1n) is 9.96. The molecule has 0 amide bonds. The number of rotatable bonds is 7. The second-order valence-electron chi connectivity index (χ2n) is 7.29. The molecule has 1 unspecified atom stereocenters. The van der Waals surface area contributed by atoms with Crippen LogP contribution in [0.4, 0.5) is 5.69 Å². The predicted molar refractivity (Wildman–Crippen MR) is 117 cm³/mol. The Kier molecular flexibility index (Phi) is 5.90. The van der Waals surface area contributed by atoms with E-state index in [9.17, 15) is 5.11 Å². The van der Waals surface area contributed by atoms with Gasteiger partial charge in [0.25, 0.3) is 0 Å². The zero-order valence-electron chi connectivity index (χ0n) is 16.6. The maximum atomic E-state index is 9.37. The summed E-state index contributed by atoms with van der Waals surface area (Å²) in [5.41, 5.74) is 6.20. The van der Waals surface area contributed by atoms with Crippen LogP contribution in [0.25, 0.3) is 11.0 Å². The number of likely N-dealkylation sites (N-methyl/N-ethyl adjacent to an activating group) is 1. The molecule has 1 aliphatic heterocycles. The molecule has 0 aliphatic carbocycles. The summed E-state index contributed by atoms with van der Waals surface area (Å²) in [7, 11) is 2.11. The van der Waals surface area contributed by atoms with E-state index >= 15 is 0 Å². The molecule has 0 radical (unpaired) electrons. The summed E-state index contributed by atoms with van der Waals surface area (Å²) >= 11 is 1.76. The Morgan fingerprint density at radius 3 is 2.89 bits per heavy atom. The van der Waals surface area contributed by atoms with E-state index in [2.05, 4.69) is 53.0 Å². The highest BCUT2D eigenvalue weighted by molar-refractivity contribution is 7.98. The fraction of sp³-hybridized carbons (Fsp3) is 0.409. The molecule has 1 atom stereocenters. The number of fused-ring (bicyclic) bond motifs is 2. The van der Waals surface area contributed by atoms with Gasteiger partial charge in [0.1, 0.15) is 0 Å². The van der Waals surface area contributed by atoms with Gasteiger partial charge in [0, 0.05) is 37.1 Å². The van der Waals surface area contributed by atoms with E-state index in [4.69, 9.17) is 4.98 Å². The second-order valence-corrected chi connectivity index (χ2v) is 8.26. The third-order valence-corrected chi connectivity index (χ3v) is 6.52. The number of nitrogens with zero attached hydrogens (tertiary/aromatic N) is 3. The van der Waals surface area contributed by atoms with Crippen LogP contribution in [0.2, 0.25) is 0 Å². The van der Waals surface area contributed by atoms with E-state index in [0.29, 0.717) is 12.6 Å². The number of thioether (sulfide) groups is 1. The van der Waals surface area contributed by atoms with Crippen LogP contribution < -0.4 is 4.90 Å². The van der Waals surface area contributed by atoms with Crippen molar-refractivity contribution in [2.24, 2.45) is 0 Å². The van der Waals surface area contributed by atoms with Crippen molar-refractivity contribution in [3.63, 3.8) is 0 Å². The fourth-order valence-electron chi connectivity index (χ4n) is 4.16. The first kappa shape index (κ1) is 19.3. The average Bonchev–Trinajstić information content (AvgIpc) is 3.14. The van der Waals surface area contributed by atoms with E-state index in [0.717, 1.165) is 41.5 Å². The number of H-pyrrole nitrogens is 1. The van der Waals surface area contributed by atoms with Crippen molar-refractivity contribution < 1.29 is 5.11 Å². The maximum Gasteiger partial charge on any atom is 0.166 e. The Balaban J connectivity index is 1.61. The van der Waals surface area contributed by atoms with Crippen LogP contribution in [0.1, 0.15) is 30.5 Å². The van der Waals surface area contributed by atoms with Crippen LogP contribution in [0.15, 0.2) is 47.6 Å². The molecular weight excluding hydrogens is 368 g/mol. The molecule has 1 aromatic heterocycles. The van der Waals surface area contributed by atoms with Crippen LogP contribution in [-0.2, 0) is 5.75 Å². The quantitative estimate of drug-likeness (QED) is 0.590. The summed E-state index contributed by atoms with van der Waals surface area (Å²) in [4.78, 5) is 12.9. The number of aromatic amines is 1. The van der Waals surface area contributed by atoms with Crippen molar-refractivity contribution in [2.75, 3.05) is 38.2 Å². The fourth-order valence-corrected chi connectivity index (χ4v) is 5.03. The normalized spacial score (nSPS) is 16.7. The lowest BCUT2D eigenvalue weighted by Gasteiger charge is -2.40. The number of para-hydroxylation sites is 3. The standard InChI is InChI=1S/C22H28N4OS/c1-3-26-12-11-20(25(2)13-14-27)17-8-6-7-16(21(17)26)15-28-22-23-18-9-4-5-10-19(18)24-22/h4-10,20,27H,3,11-15H2,1-2H3,(H,23,24). The van der Waals surface area contributed by atoms with Crippen LogP contribution in [0.3, 0.4) is 0 Å². The smallest absolute Gasteiger partial charge is 0.166 e. The average molecular weight is 397 g/mol. The van der Waals surface area contributed by atoms with Crippen molar-refractivity contribution in [3.05, 3.63) is 53.6 Å². The number of imidazole rings is 1. The monoisotopic (exact) mass is 396 g/mol. The van der Waals surface area contributed by atoms with Gasteiger partial charge in [0.05, 0.1) is 17.6 Å². The van der Waals surface area contributed by atoms with E-state index < -0.39 is 0 Å². The topological polar surface area (TPSA) is 55.4 Å². The van der Waals surface area contributed by atoms with Gasteiger partial charge in [-0.1, -0.05) is 42.1 Å². The van der Waals surface area contributed by atoms with Crippen molar-refractivity contribution >= 4 is 28.5 Å². The van der Waals surface area contributed by atoms with E-state index in [-0.39, 0.29) is 6.61 Å². The van der Waals surface area contributed by atoms with Gasteiger partial charge < -0.3 is 15.0 Å². The van der Waals surface area contributed by atoms with Crippen LogP contribution >= 0.6 is 11.8 Å². The summed E-state index contributed by atoms with van der Waals surface area (Å²) < 4.78 is 0. The van der Waals surface area contributed by atoms with Crippen molar-refractivity contribution in [2.45, 2.75) is 30.3 Å². The van der Waals surface area contributed by atoms with Crippen LogP contribution in [-0.4, -0.2) is 53.3 Å². The van der Waals surface area contributed by atoms with Gasteiger partial charge in [-0.2, -0.15) is 0 Å². The molecule has 2 N–H and O–H groups in total. The summed E-state index contributed by atoms with van der Waals surface area (Å²) in [5, 5.41) is 10.3. The first-order valence-corrected chi connectivity index (χ1v) is 10.9. The lowest BCUT2D eigenvalue weighted by Crippen LogP contribution is -2.38. The zero-order chi connectivity index (χ0) is 19.5. The van der Waals surface area contributed by atoms with Crippen molar-refractivity contribution in [1.82, 2.24) is 14.9 Å². The van der Waals surface area contributed by atoms with Gasteiger partial charge in [-0.3, -0.25) is 4.90 Å². The molecule has 6 heteroatoms. The summed E-state index contributed by atoms with van der Waals surface area (Å²) in [6.07, 6.45) is 1.09. The van der Waals surface area contributed by atoms with Crippen molar-refractivity contribution in [3.8, 4) is 0 Å². The number of hydrogen-bond acceptors (Lipinski definition) is 5. The molecule has 0 spiro atoms. The number of nitrogens with one attached hydrogen (secondary N) is 1. The SMILES string of the molecule is CCN1CCC(N(C)CCO)c2cccc(CSc3nc4ccccc4[nH]3)c21. The Labute approximate surface area is 170 Å². The van der Waals surface area contributed by atoms with Crippen LogP contribution in [0, 0.1) is 0 Å². The minimum atomic E-state index is 0.196. The highest BCUT2D eigenvalue weighted by atomic mass is 32.2. The Morgan fingerprint density at radius 2 is 2.11 bits per heavy atom. The summed E-state index contributed by atoms with van der Waals surface area (Å²) in [6.45, 7) is 5.19. The predicted octanol–water partition coefficient (Wildman–Crippen LogP) is 4.05. The Morgan fingerprint density at radius 1 is 1.25 bits per heavy atom. The molecule has 0 saturated heterocycles. The summed E-state index contributed by atoms with van der Waals surface area (Å²) in [5.74, 6) is 0.885. The minimum absolute atomic E-state index is 0.196. The number of aliphatic hydroxyl groups is 1. The third-order valence-electron chi connectivity index (χ3n) is 5.60. The van der Waals surface area contributed by atoms with Crippen molar-refractivity contribution in [1.29, 1.82) is 0 Å². The molecule has 1 aliphatic rings. The number of aliphatic hydroxyl groups excluding tert-OH is 1. The van der Waals surface area contributed by atoms with E-state index in [1.165, 1.54) is 16.8 Å². The largest absolute Gasteiger partial charge is 0.395 e. The molecule has 28 heavy (non-hydrogen) atoms. The number of benzene rings is 2. The molecule has 2 heterocycles. The van der Waals surface area contributed by atoms with Gasteiger partial charge in [-0.25, -0.2) is 4.98 Å². The number of anilines is 1. The first-order chi connectivity index (χ1) is 13.7. The molecule has 0 saturated carbocycles. The van der Waals surface area contributed by atoms with Gasteiger partial charge in [-0.15, -0.1) is 0 Å². The molecule has 4 rings (SSSR count). The molecule has 3 aromatic rings. The molecule has 2 aromatic carbocycles. The molecule has 148 valence electrons. The van der Waals surface area contributed by atoms with Gasteiger partial charge in [0.15, 0.2) is 5.16 Å². The van der Waals surface area contributed by atoms with E-state index in [1.54, 1.807) is 11.8 Å². The van der Waals surface area contributed by atoms with Gasteiger partial charge in [0.2, 0.25) is 0 Å². The highest BCUT2D eigenvalue weighted by Gasteiger charge is 2.28. The lowest BCUT2D eigenvalue weighted by atomic mass is 9.92. The van der Waals surface area contributed by atoms with Gasteiger partial charge >= 0.3 is 0 Å². The number of hydrogen-bond donors (Lipinski definition) is 2. The molecule has 0 bridgehead atoms. The molecule has 0 fully saturated rings. The van der Waals surface area contributed by atoms with E-state index in [1.807, 2.05) is 18.2 Å². The Hall–Kier alpha value is -2.02. The molecule has 5 nitrogen and oxygen atoms in total. The van der Waals surface area contributed by atoms with Crippen LogP contribution in [0.5, 0.6) is 0 Å². The summed E-state index contributed by atoms with van der Waals surface area (Å²) in [6, 6.07) is 15.2. The minimum Gasteiger partial charge on any atom is -0.395 e. The maximum absolute atomic E-state index is 9.37. The second kappa shape index (κ2) is 8.55. The molecular formula is C22H28N4OS. The lowest BCUT2D eigenvalue weighted by molar-refractivity contribution is 0.172.